The number of anilines is 1. The number of rotatable bonds is 5. The second-order valence-corrected chi connectivity index (χ2v) is 7.53. The molecule has 4 rings (SSSR count). The Bertz CT molecular complexity index is 1050. The molecule has 8 heteroatoms. The van der Waals surface area contributed by atoms with E-state index in [1.165, 1.54) is 0 Å². The van der Waals surface area contributed by atoms with E-state index >= 15 is 0 Å². The fourth-order valence-electron chi connectivity index (χ4n) is 3.77. The first-order valence-corrected chi connectivity index (χ1v) is 9.76. The topological polar surface area (TPSA) is 97.0 Å². The molecule has 2 aromatic carbocycles. The highest BCUT2D eigenvalue weighted by Gasteiger charge is 2.49. The van der Waals surface area contributed by atoms with Gasteiger partial charge in [-0.05, 0) is 49.1 Å². The summed E-state index contributed by atoms with van der Waals surface area (Å²) in [4.78, 5) is 39.2. The van der Waals surface area contributed by atoms with E-state index in [2.05, 4.69) is 10.6 Å². The molecule has 2 N–H and O–H groups in total. The third kappa shape index (κ3) is 3.24. The highest BCUT2D eigenvalue weighted by atomic mass is 16.7. The van der Waals surface area contributed by atoms with Crippen LogP contribution in [0.15, 0.2) is 36.4 Å². The Morgan fingerprint density at radius 1 is 1.20 bits per heavy atom. The van der Waals surface area contributed by atoms with Gasteiger partial charge in [0.1, 0.15) is 12.1 Å². The average Bonchev–Trinajstić information content (AvgIpc) is 3.28. The summed E-state index contributed by atoms with van der Waals surface area (Å²) in [6.45, 7) is 5.25. The molecule has 30 heavy (non-hydrogen) atoms. The summed E-state index contributed by atoms with van der Waals surface area (Å²) >= 11 is 0. The van der Waals surface area contributed by atoms with Crippen molar-refractivity contribution in [2.24, 2.45) is 0 Å². The number of nitrogens with zero attached hydrogens (tertiary/aromatic N) is 1. The minimum Gasteiger partial charge on any atom is -0.454 e. The molecular formula is C22H23N3O5. The molecule has 0 aromatic heterocycles. The molecule has 2 heterocycles. The molecule has 4 amide bonds. The number of para-hydroxylation sites is 1. The Hall–Kier alpha value is -3.55. The van der Waals surface area contributed by atoms with Crippen LogP contribution in [0.2, 0.25) is 0 Å². The lowest BCUT2D eigenvalue weighted by molar-refractivity contribution is -0.133. The first kappa shape index (κ1) is 19.8. The van der Waals surface area contributed by atoms with Crippen LogP contribution in [-0.2, 0) is 21.5 Å². The van der Waals surface area contributed by atoms with E-state index in [4.69, 9.17) is 9.47 Å². The number of benzene rings is 2. The maximum absolute atomic E-state index is 13.1. The van der Waals surface area contributed by atoms with Gasteiger partial charge in [0.05, 0.1) is 0 Å². The largest absolute Gasteiger partial charge is 0.454 e. The number of carbonyl (C=O) groups is 3. The monoisotopic (exact) mass is 409 g/mol. The quantitative estimate of drug-likeness (QED) is 0.740. The normalized spacial score (nSPS) is 19.8. The fraction of sp³-hybridized carbons (Fsp3) is 0.318. The lowest BCUT2D eigenvalue weighted by atomic mass is 9.91. The summed E-state index contributed by atoms with van der Waals surface area (Å²) in [6.07, 6.45) is 0.753. The smallest absolute Gasteiger partial charge is 0.325 e. The predicted octanol–water partition coefficient (Wildman–Crippen LogP) is 2.69. The number of hydrogen-bond acceptors (Lipinski definition) is 5. The van der Waals surface area contributed by atoms with Crippen LogP contribution in [0, 0.1) is 6.92 Å². The van der Waals surface area contributed by atoms with E-state index in [1.807, 2.05) is 32.0 Å². The van der Waals surface area contributed by atoms with Crippen molar-refractivity contribution in [3.05, 3.63) is 53.1 Å². The van der Waals surface area contributed by atoms with Crippen molar-refractivity contribution < 1.29 is 23.9 Å². The zero-order valence-electron chi connectivity index (χ0n) is 17.1. The van der Waals surface area contributed by atoms with Crippen molar-refractivity contribution in [2.75, 3.05) is 18.7 Å². The predicted molar refractivity (Wildman–Crippen MR) is 109 cm³/mol. The van der Waals surface area contributed by atoms with Crippen molar-refractivity contribution in [2.45, 2.75) is 32.7 Å². The number of aryl methyl sites for hydroxylation is 2. The van der Waals surface area contributed by atoms with E-state index in [1.54, 1.807) is 25.1 Å². The van der Waals surface area contributed by atoms with Gasteiger partial charge in [0.2, 0.25) is 12.7 Å². The van der Waals surface area contributed by atoms with E-state index < -0.39 is 23.4 Å². The maximum Gasteiger partial charge on any atom is 0.325 e. The van der Waals surface area contributed by atoms with Gasteiger partial charge in [-0.3, -0.25) is 14.5 Å². The van der Waals surface area contributed by atoms with Crippen molar-refractivity contribution in [3.8, 4) is 11.5 Å². The first-order valence-electron chi connectivity index (χ1n) is 9.76. The first-order chi connectivity index (χ1) is 14.3. The summed E-state index contributed by atoms with van der Waals surface area (Å²) in [5.74, 6) is 0.165. The molecule has 1 saturated heterocycles. The van der Waals surface area contributed by atoms with Gasteiger partial charge in [0.15, 0.2) is 11.5 Å². The molecule has 0 radical (unpaired) electrons. The summed E-state index contributed by atoms with van der Waals surface area (Å²) in [5.41, 5.74) is 1.89. The Kier molecular flexibility index (Phi) is 4.85. The van der Waals surface area contributed by atoms with Crippen LogP contribution in [0.4, 0.5) is 10.5 Å². The molecule has 156 valence electrons. The van der Waals surface area contributed by atoms with Gasteiger partial charge in [0.25, 0.3) is 5.91 Å². The molecule has 2 aliphatic rings. The maximum atomic E-state index is 13.1. The number of imide groups is 1. The fourth-order valence-corrected chi connectivity index (χ4v) is 3.77. The van der Waals surface area contributed by atoms with Crippen molar-refractivity contribution in [3.63, 3.8) is 0 Å². The molecular weight excluding hydrogens is 386 g/mol. The molecule has 0 bridgehead atoms. The van der Waals surface area contributed by atoms with Gasteiger partial charge in [-0.2, -0.15) is 0 Å². The van der Waals surface area contributed by atoms with Crippen LogP contribution in [0.25, 0.3) is 0 Å². The number of hydrogen-bond donors (Lipinski definition) is 2. The number of ether oxygens (including phenoxy) is 2. The summed E-state index contributed by atoms with van der Waals surface area (Å²) < 4.78 is 10.7. The lowest BCUT2D eigenvalue weighted by Crippen LogP contribution is -2.42. The summed E-state index contributed by atoms with van der Waals surface area (Å²) in [7, 11) is 0. The van der Waals surface area contributed by atoms with Gasteiger partial charge in [0, 0.05) is 5.69 Å². The van der Waals surface area contributed by atoms with Crippen LogP contribution in [-0.4, -0.2) is 36.1 Å². The van der Waals surface area contributed by atoms with Gasteiger partial charge in [-0.1, -0.05) is 31.2 Å². The molecule has 0 saturated carbocycles. The van der Waals surface area contributed by atoms with E-state index in [0.29, 0.717) is 17.1 Å². The highest BCUT2D eigenvalue weighted by Crippen LogP contribution is 2.37. The summed E-state index contributed by atoms with van der Waals surface area (Å²) in [5, 5.41) is 5.55. The Balaban J connectivity index is 1.53. The number of urea groups is 1. The van der Waals surface area contributed by atoms with E-state index in [-0.39, 0.29) is 13.3 Å². The van der Waals surface area contributed by atoms with Crippen molar-refractivity contribution >= 4 is 23.5 Å². The Labute approximate surface area is 174 Å². The van der Waals surface area contributed by atoms with Gasteiger partial charge < -0.3 is 20.1 Å². The third-order valence-electron chi connectivity index (χ3n) is 5.53. The molecule has 1 fully saturated rings. The Morgan fingerprint density at radius 2 is 1.97 bits per heavy atom. The molecule has 0 aliphatic carbocycles. The number of fused-ring (bicyclic) bond motifs is 1. The van der Waals surface area contributed by atoms with E-state index in [9.17, 15) is 14.4 Å². The number of amides is 4. The van der Waals surface area contributed by atoms with Crippen LogP contribution in [0.1, 0.15) is 30.5 Å². The number of carbonyl (C=O) groups excluding carboxylic acids is 3. The molecule has 8 nitrogen and oxygen atoms in total. The zero-order chi connectivity index (χ0) is 21.5. The number of nitrogens with one attached hydrogen (secondary N) is 2. The molecule has 2 aromatic rings. The molecule has 2 aliphatic heterocycles. The molecule has 0 unspecified atom stereocenters. The van der Waals surface area contributed by atoms with Gasteiger partial charge in [-0.15, -0.1) is 0 Å². The van der Waals surface area contributed by atoms with Crippen molar-refractivity contribution in [1.29, 1.82) is 0 Å². The molecule has 0 spiro atoms. The average molecular weight is 409 g/mol. The molecule has 1 atom stereocenters. The standard InChI is InChI=1S/C22H23N3O5/c1-4-14-7-5-6-13(2)19(14)23-18(26)11-25-20(27)22(3,24-21(25)28)15-8-9-16-17(10-15)30-12-29-16/h5-10H,4,11-12H2,1-3H3,(H,23,26)(H,24,28)/t22-/m0/s1. The Morgan fingerprint density at radius 3 is 2.73 bits per heavy atom. The minimum absolute atomic E-state index is 0.112. The lowest BCUT2D eigenvalue weighted by Gasteiger charge is -2.22. The van der Waals surface area contributed by atoms with E-state index in [0.717, 1.165) is 28.1 Å². The minimum atomic E-state index is -1.30. The zero-order valence-corrected chi connectivity index (χ0v) is 17.1. The van der Waals surface area contributed by atoms with Crippen LogP contribution in [0.3, 0.4) is 0 Å². The van der Waals surface area contributed by atoms with Crippen molar-refractivity contribution in [1.82, 2.24) is 10.2 Å². The SMILES string of the molecule is CCc1cccc(C)c1NC(=O)CN1C(=O)N[C@@](C)(c2ccc3c(c2)OCO3)C1=O. The van der Waals surface area contributed by atoms with Gasteiger partial charge >= 0.3 is 6.03 Å². The van der Waals surface area contributed by atoms with Crippen LogP contribution >= 0.6 is 0 Å². The second-order valence-electron chi connectivity index (χ2n) is 7.53. The van der Waals surface area contributed by atoms with Gasteiger partial charge in [-0.25, -0.2) is 4.79 Å². The summed E-state index contributed by atoms with van der Waals surface area (Å²) in [6, 6.07) is 10.2. The third-order valence-corrected chi connectivity index (χ3v) is 5.53. The second kappa shape index (κ2) is 7.37. The van der Waals surface area contributed by atoms with Crippen LogP contribution in [0.5, 0.6) is 11.5 Å². The van der Waals surface area contributed by atoms with Crippen LogP contribution < -0.4 is 20.1 Å². The highest BCUT2D eigenvalue weighted by molar-refractivity contribution is 6.10.